The van der Waals surface area contributed by atoms with Gasteiger partial charge in [0.2, 0.25) is 0 Å². The third-order valence-electron chi connectivity index (χ3n) is 3.20. The van der Waals surface area contributed by atoms with Crippen molar-refractivity contribution in [2.24, 2.45) is 17.3 Å². The lowest BCUT2D eigenvalue weighted by Crippen LogP contribution is -2.29. The fourth-order valence-electron chi connectivity index (χ4n) is 2.73. The maximum atomic E-state index is 9.13. The smallest absolute Gasteiger partial charge is 0.0689 e. The minimum atomic E-state index is 0.0110. The van der Waals surface area contributed by atoms with E-state index in [9.17, 15) is 0 Å². The molecule has 0 spiro atoms. The summed E-state index contributed by atoms with van der Waals surface area (Å²) >= 11 is 0. The van der Waals surface area contributed by atoms with Crippen LogP contribution in [0.25, 0.3) is 0 Å². The van der Waals surface area contributed by atoms with Gasteiger partial charge in [-0.2, -0.15) is 5.26 Å². The summed E-state index contributed by atoms with van der Waals surface area (Å²) in [5.41, 5.74) is 0.0110. The molecule has 1 nitrogen and oxygen atoms in total. The van der Waals surface area contributed by atoms with Gasteiger partial charge in [-0.15, -0.1) is 0 Å². The van der Waals surface area contributed by atoms with Crippen molar-refractivity contribution in [1.82, 2.24) is 0 Å². The van der Waals surface area contributed by atoms with Gasteiger partial charge >= 0.3 is 0 Å². The summed E-state index contributed by atoms with van der Waals surface area (Å²) in [7, 11) is 0. The Morgan fingerprint density at radius 1 is 1.33 bits per heavy atom. The molecule has 0 N–H and O–H groups in total. The van der Waals surface area contributed by atoms with E-state index in [0.29, 0.717) is 0 Å². The average Bonchev–Trinajstić information content (AvgIpc) is 2.02. The van der Waals surface area contributed by atoms with Crippen LogP contribution in [0.2, 0.25) is 0 Å². The molecule has 1 aliphatic rings. The number of rotatable bonds is 1. The van der Waals surface area contributed by atoms with E-state index < -0.39 is 0 Å². The van der Waals surface area contributed by atoms with Crippen LogP contribution in [-0.4, -0.2) is 0 Å². The lowest BCUT2D eigenvalue weighted by atomic mass is 9.66. The van der Waals surface area contributed by atoms with Crippen molar-refractivity contribution < 1.29 is 0 Å². The van der Waals surface area contributed by atoms with E-state index in [1.807, 2.05) is 0 Å². The predicted octanol–water partition coefficient (Wildman–Crippen LogP) is 3.36. The molecular weight excluding hydrogens is 146 g/mol. The molecule has 0 aromatic heterocycles. The monoisotopic (exact) mass is 165 g/mol. The summed E-state index contributed by atoms with van der Waals surface area (Å²) in [6.45, 7) is 6.70. The Morgan fingerprint density at radius 3 is 2.17 bits per heavy atom. The van der Waals surface area contributed by atoms with Gasteiger partial charge in [-0.25, -0.2) is 0 Å². The van der Waals surface area contributed by atoms with Crippen molar-refractivity contribution in [3.8, 4) is 6.07 Å². The van der Waals surface area contributed by atoms with Crippen molar-refractivity contribution in [2.45, 2.75) is 46.5 Å². The Hall–Kier alpha value is -0.510. The van der Waals surface area contributed by atoms with Crippen LogP contribution in [-0.2, 0) is 0 Å². The summed E-state index contributed by atoms with van der Waals surface area (Å²) in [6, 6.07) is 2.53. The average molecular weight is 165 g/mol. The molecule has 1 aliphatic carbocycles. The molecule has 0 aliphatic heterocycles. The largest absolute Gasteiger partial charge is 0.198 e. The van der Waals surface area contributed by atoms with Crippen LogP contribution in [0.5, 0.6) is 0 Å². The van der Waals surface area contributed by atoms with Gasteiger partial charge in [0.05, 0.1) is 11.5 Å². The van der Waals surface area contributed by atoms with Gasteiger partial charge in [0.25, 0.3) is 0 Å². The predicted molar refractivity (Wildman–Crippen MR) is 50.5 cm³/mol. The SMILES string of the molecule is CCC1(C#N)CC(C)CC(C)C1. The zero-order chi connectivity index (χ0) is 9.19. The number of hydrogen-bond acceptors (Lipinski definition) is 1. The second-order valence-corrected chi connectivity index (χ2v) is 4.60. The summed E-state index contributed by atoms with van der Waals surface area (Å²) in [4.78, 5) is 0. The number of nitrogens with zero attached hydrogens (tertiary/aromatic N) is 1. The molecule has 0 radical (unpaired) electrons. The van der Waals surface area contributed by atoms with Crippen LogP contribution in [0.3, 0.4) is 0 Å². The first-order valence-corrected chi connectivity index (χ1v) is 5.03. The van der Waals surface area contributed by atoms with E-state index in [1.54, 1.807) is 0 Å². The third kappa shape index (κ3) is 1.80. The molecule has 1 saturated carbocycles. The molecule has 0 aromatic rings. The molecule has 1 rings (SSSR count). The fraction of sp³-hybridized carbons (Fsp3) is 0.909. The Labute approximate surface area is 75.8 Å². The summed E-state index contributed by atoms with van der Waals surface area (Å²) in [5, 5.41) is 9.13. The maximum absolute atomic E-state index is 9.13. The van der Waals surface area contributed by atoms with Crippen molar-refractivity contribution in [3.63, 3.8) is 0 Å². The van der Waals surface area contributed by atoms with Gasteiger partial charge < -0.3 is 0 Å². The molecule has 2 unspecified atom stereocenters. The van der Waals surface area contributed by atoms with Gasteiger partial charge in [0.15, 0.2) is 0 Å². The molecule has 0 bridgehead atoms. The Kier molecular flexibility index (Phi) is 2.77. The van der Waals surface area contributed by atoms with Crippen LogP contribution in [0.4, 0.5) is 0 Å². The first kappa shape index (κ1) is 9.58. The maximum Gasteiger partial charge on any atom is 0.0689 e. The van der Waals surface area contributed by atoms with E-state index in [2.05, 4.69) is 26.8 Å². The zero-order valence-corrected chi connectivity index (χ0v) is 8.43. The van der Waals surface area contributed by atoms with Crippen LogP contribution >= 0.6 is 0 Å². The summed E-state index contributed by atoms with van der Waals surface area (Å²) in [5.74, 6) is 1.49. The lowest BCUT2D eigenvalue weighted by molar-refractivity contribution is 0.154. The Balaban J connectivity index is 2.71. The standard InChI is InChI=1S/C11H19N/c1-4-11(8-12)6-9(2)5-10(3)7-11/h9-10H,4-7H2,1-3H3. The zero-order valence-electron chi connectivity index (χ0n) is 8.43. The minimum Gasteiger partial charge on any atom is -0.198 e. The van der Waals surface area contributed by atoms with Crippen molar-refractivity contribution >= 4 is 0 Å². The molecule has 0 saturated heterocycles. The minimum absolute atomic E-state index is 0.0110. The topological polar surface area (TPSA) is 23.8 Å². The Bertz CT molecular complexity index is 180. The van der Waals surface area contributed by atoms with Gasteiger partial charge in [-0.05, 0) is 37.5 Å². The van der Waals surface area contributed by atoms with Gasteiger partial charge in [0, 0.05) is 0 Å². The fourth-order valence-corrected chi connectivity index (χ4v) is 2.73. The van der Waals surface area contributed by atoms with E-state index >= 15 is 0 Å². The van der Waals surface area contributed by atoms with Gasteiger partial charge in [-0.1, -0.05) is 20.8 Å². The van der Waals surface area contributed by atoms with E-state index in [4.69, 9.17) is 5.26 Å². The highest BCUT2D eigenvalue weighted by Crippen LogP contribution is 2.43. The molecule has 12 heavy (non-hydrogen) atoms. The molecular formula is C11H19N. The van der Waals surface area contributed by atoms with Crippen molar-refractivity contribution in [2.75, 3.05) is 0 Å². The van der Waals surface area contributed by atoms with Crippen LogP contribution in [0.15, 0.2) is 0 Å². The first-order valence-electron chi connectivity index (χ1n) is 5.03. The van der Waals surface area contributed by atoms with Gasteiger partial charge in [-0.3, -0.25) is 0 Å². The van der Waals surface area contributed by atoms with Crippen LogP contribution in [0.1, 0.15) is 46.5 Å². The quantitative estimate of drug-likeness (QED) is 0.584. The molecule has 1 fully saturated rings. The molecule has 0 amide bonds. The molecule has 68 valence electrons. The van der Waals surface area contributed by atoms with Gasteiger partial charge in [0.1, 0.15) is 0 Å². The number of hydrogen-bond donors (Lipinski definition) is 0. The molecule has 1 heteroatoms. The second-order valence-electron chi connectivity index (χ2n) is 4.60. The van der Waals surface area contributed by atoms with Crippen molar-refractivity contribution in [1.29, 1.82) is 5.26 Å². The first-order chi connectivity index (χ1) is 5.62. The van der Waals surface area contributed by atoms with E-state index in [1.165, 1.54) is 6.42 Å². The molecule has 0 aromatic carbocycles. The highest BCUT2D eigenvalue weighted by molar-refractivity contribution is 5.02. The highest BCUT2D eigenvalue weighted by atomic mass is 14.4. The van der Waals surface area contributed by atoms with E-state index in [-0.39, 0.29) is 5.41 Å². The summed E-state index contributed by atoms with van der Waals surface area (Å²) in [6.07, 6.45) is 4.57. The second kappa shape index (κ2) is 3.47. The van der Waals surface area contributed by atoms with Crippen molar-refractivity contribution in [3.05, 3.63) is 0 Å². The highest BCUT2D eigenvalue weighted by Gasteiger charge is 2.36. The Morgan fingerprint density at radius 2 is 1.83 bits per heavy atom. The summed E-state index contributed by atoms with van der Waals surface area (Å²) < 4.78 is 0. The lowest BCUT2D eigenvalue weighted by Gasteiger charge is -2.37. The normalized spacial score (nSPS) is 42.2. The molecule has 2 atom stereocenters. The third-order valence-corrected chi connectivity index (χ3v) is 3.20. The number of nitriles is 1. The van der Waals surface area contributed by atoms with E-state index in [0.717, 1.165) is 31.1 Å². The van der Waals surface area contributed by atoms with Crippen LogP contribution in [0, 0.1) is 28.6 Å². The van der Waals surface area contributed by atoms with Crippen LogP contribution < -0.4 is 0 Å². The molecule has 0 heterocycles.